The number of para-hydroxylation sites is 1. The van der Waals surface area contributed by atoms with Gasteiger partial charge in [-0.3, -0.25) is 9.89 Å². The maximum Gasteiger partial charge on any atom is 0.272 e. The Morgan fingerprint density at radius 3 is 2.74 bits per heavy atom. The van der Waals surface area contributed by atoms with E-state index < -0.39 is 0 Å². The van der Waals surface area contributed by atoms with E-state index in [2.05, 4.69) is 20.5 Å². The number of aromatic amines is 1. The molecule has 0 aliphatic heterocycles. The molecule has 7 heteroatoms. The molecule has 2 N–H and O–H groups in total. The lowest BCUT2D eigenvalue weighted by Gasteiger charge is -2.13. The van der Waals surface area contributed by atoms with Crippen molar-refractivity contribution in [3.05, 3.63) is 42.1 Å². The van der Waals surface area contributed by atoms with Gasteiger partial charge in [-0.15, -0.1) is 0 Å². The Labute approximate surface area is 133 Å². The number of benzene rings is 1. The fourth-order valence-electron chi connectivity index (χ4n) is 2.23. The Morgan fingerprint density at radius 1 is 1.22 bits per heavy atom. The van der Waals surface area contributed by atoms with Gasteiger partial charge in [-0.2, -0.15) is 5.10 Å². The largest absolute Gasteiger partial charge is 0.479 e. The maximum atomic E-state index is 12.0. The van der Waals surface area contributed by atoms with E-state index >= 15 is 0 Å². The molecule has 7 nitrogen and oxygen atoms in total. The Morgan fingerprint density at radius 2 is 2.00 bits per heavy atom. The average Bonchev–Trinajstić information content (AvgIpc) is 2.97. The van der Waals surface area contributed by atoms with Gasteiger partial charge in [0.25, 0.3) is 5.91 Å². The predicted molar refractivity (Wildman–Crippen MR) is 88.2 cm³/mol. The van der Waals surface area contributed by atoms with Crippen LogP contribution in [0.4, 0.5) is 11.5 Å². The number of H-pyrrole nitrogens is 1. The third-order valence-electron chi connectivity index (χ3n) is 3.40. The van der Waals surface area contributed by atoms with E-state index in [1.165, 1.54) is 12.0 Å². The van der Waals surface area contributed by atoms with Crippen molar-refractivity contribution in [1.29, 1.82) is 0 Å². The van der Waals surface area contributed by atoms with Crippen molar-refractivity contribution in [2.75, 3.05) is 26.5 Å². The lowest BCUT2D eigenvalue weighted by Crippen LogP contribution is -2.22. The van der Waals surface area contributed by atoms with Crippen LogP contribution < -0.4 is 10.1 Å². The first-order valence-corrected chi connectivity index (χ1v) is 7.07. The molecular weight excluding hydrogens is 294 g/mol. The summed E-state index contributed by atoms with van der Waals surface area (Å²) in [6.07, 6.45) is 0. The van der Waals surface area contributed by atoms with E-state index in [9.17, 15) is 4.79 Å². The highest BCUT2D eigenvalue weighted by atomic mass is 16.5. The minimum absolute atomic E-state index is 0.180. The lowest BCUT2D eigenvalue weighted by atomic mass is 10.2. The number of nitrogens with one attached hydrogen (secondary N) is 2. The molecule has 118 valence electrons. The number of fused-ring (bicyclic) bond motifs is 1. The molecule has 3 aromatic rings. The van der Waals surface area contributed by atoms with E-state index in [4.69, 9.17) is 4.74 Å². The first-order chi connectivity index (χ1) is 11.1. The lowest BCUT2D eigenvalue weighted by molar-refractivity contribution is 0.0821. The minimum Gasteiger partial charge on any atom is -0.479 e. The number of hydrogen-bond donors (Lipinski definition) is 2. The second kappa shape index (κ2) is 5.96. The van der Waals surface area contributed by atoms with Crippen molar-refractivity contribution in [3.63, 3.8) is 0 Å². The Hall–Kier alpha value is -3.09. The number of anilines is 2. The van der Waals surface area contributed by atoms with Crippen LogP contribution in [0, 0.1) is 0 Å². The normalized spacial score (nSPS) is 10.6. The number of methoxy groups -OCH3 is 1. The molecule has 3 rings (SSSR count). The van der Waals surface area contributed by atoms with Crippen molar-refractivity contribution >= 4 is 28.3 Å². The molecule has 0 aliphatic rings. The second-order valence-corrected chi connectivity index (χ2v) is 5.20. The van der Waals surface area contributed by atoms with Gasteiger partial charge in [0.2, 0.25) is 5.88 Å². The molecule has 0 spiro atoms. The van der Waals surface area contributed by atoms with Gasteiger partial charge in [0.05, 0.1) is 12.6 Å². The summed E-state index contributed by atoms with van der Waals surface area (Å²) in [7, 11) is 4.87. The summed E-state index contributed by atoms with van der Waals surface area (Å²) in [4.78, 5) is 17.7. The van der Waals surface area contributed by atoms with Crippen LogP contribution in [0.3, 0.4) is 0 Å². The smallest absolute Gasteiger partial charge is 0.272 e. The van der Waals surface area contributed by atoms with Crippen molar-refractivity contribution in [3.8, 4) is 5.88 Å². The topological polar surface area (TPSA) is 83.1 Å². The highest BCUT2D eigenvalue weighted by molar-refractivity contribution is 5.94. The van der Waals surface area contributed by atoms with Crippen LogP contribution in [0.2, 0.25) is 0 Å². The second-order valence-electron chi connectivity index (χ2n) is 5.20. The third kappa shape index (κ3) is 2.80. The fraction of sp³-hybridized carbons (Fsp3) is 0.188. The average molecular weight is 311 g/mol. The number of hydrogen-bond acceptors (Lipinski definition) is 5. The standard InChI is InChI=1S/C16H17N5O2/c1-21(2)16(22)13-9-8-12(15(18-13)23-3)17-14-10-6-4-5-7-11(10)19-20-14/h4-9H,1-3H3,(H2,17,19,20). The van der Waals surface area contributed by atoms with Crippen LogP contribution in [0.25, 0.3) is 10.9 Å². The predicted octanol–water partition coefficient (Wildman–Crippen LogP) is 2.41. The molecule has 0 radical (unpaired) electrons. The van der Waals surface area contributed by atoms with Crippen LogP contribution in [-0.2, 0) is 0 Å². The van der Waals surface area contributed by atoms with Gasteiger partial charge in [0.1, 0.15) is 11.4 Å². The van der Waals surface area contributed by atoms with Crippen LogP contribution in [0.15, 0.2) is 36.4 Å². The number of amides is 1. The number of carbonyl (C=O) groups is 1. The number of rotatable bonds is 4. The zero-order chi connectivity index (χ0) is 16.4. The SMILES string of the molecule is COc1nc(C(=O)N(C)C)ccc1Nc1n[nH]c2ccccc12. The summed E-state index contributed by atoms with van der Waals surface area (Å²) in [6, 6.07) is 11.2. The zero-order valence-electron chi connectivity index (χ0n) is 13.1. The molecule has 0 fully saturated rings. The van der Waals surface area contributed by atoms with Crippen LogP contribution in [0.5, 0.6) is 5.88 Å². The molecule has 0 atom stereocenters. The van der Waals surface area contributed by atoms with Gasteiger partial charge in [-0.25, -0.2) is 4.98 Å². The first-order valence-electron chi connectivity index (χ1n) is 7.07. The van der Waals surface area contributed by atoms with E-state index in [0.29, 0.717) is 23.1 Å². The molecule has 1 amide bonds. The summed E-state index contributed by atoms with van der Waals surface area (Å²) in [5.41, 5.74) is 1.89. The number of nitrogens with zero attached hydrogens (tertiary/aromatic N) is 3. The zero-order valence-corrected chi connectivity index (χ0v) is 13.1. The number of ether oxygens (including phenoxy) is 1. The van der Waals surface area contributed by atoms with Crippen LogP contribution in [0.1, 0.15) is 10.5 Å². The van der Waals surface area contributed by atoms with Gasteiger partial charge in [0, 0.05) is 19.5 Å². The molecule has 2 heterocycles. The molecule has 1 aromatic carbocycles. The summed E-state index contributed by atoms with van der Waals surface area (Å²) in [6.45, 7) is 0. The van der Waals surface area contributed by atoms with E-state index in [0.717, 1.165) is 10.9 Å². The Balaban J connectivity index is 1.95. The summed E-state index contributed by atoms with van der Waals surface area (Å²) in [5, 5.41) is 11.4. The monoisotopic (exact) mass is 311 g/mol. The third-order valence-corrected chi connectivity index (χ3v) is 3.40. The quantitative estimate of drug-likeness (QED) is 0.773. The molecule has 0 unspecified atom stereocenters. The number of pyridine rings is 1. The molecule has 0 bridgehead atoms. The highest BCUT2D eigenvalue weighted by Crippen LogP contribution is 2.28. The number of aromatic nitrogens is 3. The van der Waals surface area contributed by atoms with Gasteiger partial charge in [-0.05, 0) is 24.3 Å². The van der Waals surface area contributed by atoms with Gasteiger partial charge < -0.3 is 15.0 Å². The highest BCUT2D eigenvalue weighted by Gasteiger charge is 2.15. The maximum absolute atomic E-state index is 12.0. The van der Waals surface area contributed by atoms with Gasteiger partial charge in [-0.1, -0.05) is 12.1 Å². The van der Waals surface area contributed by atoms with Crippen molar-refractivity contribution < 1.29 is 9.53 Å². The van der Waals surface area contributed by atoms with E-state index in [1.807, 2.05) is 24.3 Å². The van der Waals surface area contributed by atoms with Crippen LogP contribution in [-0.4, -0.2) is 47.2 Å². The van der Waals surface area contributed by atoms with Gasteiger partial charge >= 0.3 is 0 Å². The van der Waals surface area contributed by atoms with Crippen molar-refractivity contribution in [1.82, 2.24) is 20.1 Å². The molecule has 23 heavy (non-hydrogen) atoms. The van der Waals surface area contributed by atoms with Crippen LogP contribution >= 0.6 is 0 Å². The molecule has 0 saturated carbocycles. The summed E-state index contributed by atoms with van der Waals surface area (Å²) < 4.78 is 5.29. The van der Waals surface area contributed by atoms with Crippen molar-refractivity contribution in [2.45, 2.75) is 0 Å². The van der Waals surface area contributed by atoms with E-state index in [1.54, 1.807) is 26.2 Å². The van der Waals surface area contributed by atoms with Crippen molar-refractivity contribution in [2.24, 2.45) is 0 Å². The summed E-state index contributed by atoms with van der Waals surface area (Å²) in [5.74, 6) is 0.831. The Kier molecular flexibility index (Phi) is 3.84. The Bertz CT molecular complexity index is 857. The molecule has 0 saturated heterocycles. The molecular formula is C16H17N5O2. The number of carbonyl (C=O) groups excluding carboxylic acids is 1. The fourth-order valence-corrected chi connectivity index (χ4v) is 2.23. The minimum atomic E-state index is -0.180. The first kappa shape index (κ1) is 14.8. The summed E-state index contributed by atoms with van der Waals surface area (Å²) >= 11 is 0. The van der Waals surface area contributed by atoms with Gasteiger partial charge in [0.15, 0.2) is 5.82 Å². The molecule has 2 aromatic heterocycles. The van der Waals surface area contributed by atoms with E-state index in [-0.39, 0.29) is 5.91 Å². The molecule has 0 aliphatic carbocycles.